The molecular weight excluding hydrogens is 240 g/mol. The lowest BCUT2D eigenvalue weighted by Gasteiger charge is -2.44. The third kappa shape index (κ3) is 3.24. The maximum Gasteiger partial charge on any atom is 0.192 e. The molecule has 1 aliphatic rings. The first-order valence-corrected chi connectivity index (χ1v) is 10.2. The van der Waals surface area contributed by atoms with E-state index in [4.69, 9.17) is 4.43 Å². The molecule has 3 heteroatoms. The first-order valence-electron chi connectivity index (χ1n) is 7.32. The number of rotatable bonds is 6. The van der Waals surface area contributed by atoms with Crippen LogP contribution >= 0.6 is 0 Å². The average Bonchev–Trinajstić information content (AvgIpc) is 2.14. The summed E-state index contributed by atoms with van der Waals surface area (Å²) in [5, 5.41) is 0.228. The Bertz CT molecular complexity index is 298. The smallest absolute Gasteiger partial charge is 0.192 e. The summed E-state index contributed by atoms with van der Waals surface area (Å²) in [5.74, 6) is 0.440. The highest BCUT2D eigenvalue weighted by Gasteiger charge is 2.46. The van der Waals surface area contributed by atoms with Gasteiger partial charge in [0.25, 0.3) is 0 Å². The molecule has 0 spiro atoms. The second-order valence-electron chi connectivity index (χ2n) is 7.36. The van der Waals surface area contributed by atoms with Gasteiger partial charge < -0.3 is 4.43 Å². The molecule has 0 atom stereocenters. The van der Waals surface area contributed by atoms with Crippen LogP contribution in [0.3, 0.4) is 0 Å². The van der Waals surface area contributed by atoms with E-state index in [1.165, 1.54) is 6.42 Å². The van der Waals surface area contributed by atoms with Crippen molar-refractivity contribution in [1.29, 1.82) is 0 Å². The lowest BCUT2D eigenvalue weighted by Crippen LogP contribution is -2.48. The van der Waals surface area contributed by atoms with E-state index in [1.54, 1.807) is 0 Å². The first kappa shape index (κ1) is 15.9. The van der Waals surface area contributed by atoms with E-state index in [1.807, 2.05) is 0 Å². The molecule has 0 unspecified atom stereocenters. The zero-order valence-electron chi connectivity index (χ0n) is 13.1. The van der Waals surface area contributed by atoms with Crippen LogP contribution in [-0.4, -0.2) is 20.7 Å². The molecular formula is C15H30O2Si. The van der Waals surface area contributed by atoms with Crippen LogP contribution in [0.15, 0.2) is 0 Å². The van der Waals surface area contributed by atoms with Crippen molar-refractivity contribution < 1.29 is 9.22 Å². The molecule has 1 fully saturated rings. The highest BCUT2D eigenvalue weighted by Crippen LogP contribution is 2.45. The molecule has 0 aromatic carbocycles. The van der Waals surface area contributed by atoms with Crippen LogP contribution in [0.1, 0.15) is 59.8 Å². The van der Waals surface area contributed by atoms with Gasteiger partial charge in [0.1, 0.15) is 5.78 Å². The Kier molecular flexibility index (Phi) is 4.82. The zero-order valence-corrected chi connectivity index (χ0v) is 14.1. The molecule has 1 rings (SSSR count). The minimum Gasteiger partial charge on any atom is -0.416 e. The van der Waals surface area contributed by atoms with Crippen LogP contribution in [0.2, 0.25) is 18.1 Å². The maximum absolute atomic E-state index is 12.2. The highest BCUT2D eigenvalue weighted by atomic mass is 28.4. The maximum atomic E-state index is 12.2. The van der Waals surface area contributed by atoms with Gasteiger partial charge in [-0.25, -0.2) is 0 Å². The van der Waals surface area contributed by atoms with Gasteiger partial charge in [-0.1, -0.05) is 34.1 Å². The Balaban J connectivity index is 2.63. The van der Waals surface area contributed by atoms with Crippen LogP contribution in [0.4, 0.5) is 0 Å². The minimum absolute atomic E-state index is 0.120. The van der Waals surface area contributed by atoms with Crippen LogP contribution in [-0.2, 0) is 9.22 Å². The number of ketones is 1. The summed E-state index contributed by atoms with van der Waals surface area (Å²) < 4.78 is 6.29. The molecule has 106 valence electrons. The number of carbonyl (C=O) groups excluding carboxylic acids is 1. The van der Waals surface area contributed by atoms with Crippen LogP contribution in [0.5, 0.6) is 0 Å². The fourth-order valence-corrected chi connectivity index (χ4v) is 3.20. The number of carbonyl (C=O) groups is 1. The van der Waals surface area contributed by atoms with E-state index < -0.39 is 8.32 Å². The van der Waals surface area contributed by atoms with Crippen molar-refractivity contribution in [2.24, 2.45) is 5.41 Å². The van der Waals surface area contributed by atoms with Gasteiger partial charge in [0, 0.05) is 13.0 Å². The van der Waals surface area contributed by atoms with Crippen molar-refractivity contribution in [1.82, 2.24) is 0 Å². The minimum atomic E-state index is -1.72. The van der Waals surface area contributed by atoms with Gasteiger partial charge in [0.05, 0.1) is 5.41 Å². The van der Waals surface area contributed by atoms with Crippen molar-refractivity contribution in [3.8, 4) is 0 Å². The normalized spacial score (nSPS) is 19.4. The predicted octanol–water partition coefficient (Wildman–Crippen LogP) is 4.55. The topological polar surface area (TPSA) is 26.3 Å². The van der Waals surface area contributed by atoms with E-state index in [-0.39, 0.29) is 10.5 Å². The molecule has 0 amide bonds. The van der Waals surface area contributed by atoms with Crippen LogP contribution < -0.4 is 0 Å². The van der Waals surface area contributed by atoms with E-state index in [2.05, 4.69) is 40.8 Å². The molecule has 0 bridgehead atoms. The summed E-state index contributed by atoms with van der Waals surface area (Å²) in [5.41, 5.74) is -0.120. The largest absolute Gasteiger partial charge is 0.416 e. The molecule has 0 N–H and O–H groups in total. The van der Waals surface area contributed by atoms with Crippen molar-refractivity contribution in [3.05, 3.63) is 0 Å². The van der Waals surface area contributed by atoms with Gasteiger partial charge in [-0.15, -0.1) is 0 Å². The Hall–Kier alpha value is -0.153. The van der Waals surface area contributed by atoms with Crippen LogP contribution in [0.25, 0.3) is 0 Å². The summed E-state index contributed by atoms with van der Waals surface area (Å²) in [4.78, 5) is 12.2. The van der Waals surface area contributed by atoms with E-state index >= 15 is 0 Å². The Morgan fingerprint density at radius 3 is 2.17 bits per heavy atom. The molecule has 2 nitrogen and oxygen atoms in total. The monoisotopic (exact) mass is 270 g/mol. The Labute approximate surface area is 114 Å². The zero-order chi connectivity index (χ0) is 14.0. The van der Waals surface area contributed by atoms with Gasteiger partial charge in [0.2, 0.25) is 0 Å². The van der Waals surface area contributed by atoms with Gasteiger partial charge >= 0.3 is 0 Å². The Morgan fingerprint density at radius 2 is 1.83 bits per heavy atom. The van der Waals surface area contributed by atoms with Crippen molar-refractivity contribution in [3.63, 3.8) is 0 Å². The second kappa shape index (κ2) is 5.46. The molecule has 1 saturated carbocycles. The molecule has 0 aromatic rings. The molecule has 0 aliphatic heterocycles. The van der Waals surface area contributed by atoms with E-state index in [9.17, 15) is 4.79 Å². The molecule has 0 saturated heterocycles. The molecule has 0 aromatic heterocycles. The lowest BCUT2D eigenvalue weighted by molar-refractivity contribution is -0.136. The third-order valence-corrected chi connectivity index (χ3v) is 9.37. The van der Waals surface area contributed by atoms with Crippen molar-refractivity contribution in [2.45, 2.75) is 77.9 Å². The first-order chi connectivity index (χ1) is 8.15. The van der Waals surface area contributed by atoms with Gasteiger partial charge in [-0.05, 0) is 37.4 Å². The fraction of sp³-hybridized carbons (Fsp3) is 0.933. The fourth-order valence-electron chi connectivity index (χ4n) is 2.13. The summed E-state index contributed by atoms with van der Waals surface area (Å²) >= 11 is 0. The van der Waals surface area contributed by atoms with Gasteiger partial charge in [-0.2, -0.15) is 0 Å². The summed E-state index contributed by atoms with van der Waals surface area (Å²) in [6, 6.07) is 0. The van der Waals surface area contributed by atoms with E-state index in [0.717, 1.165) is 25.7 Å². The second-order valence-corrected chi connectivity index (χ2v) is 12.2. The van der Waals surface area contributed by atoms with Gasteiger partial charge in [0.15, 0.2) is 8.32 Å². The molecule has 18 heavy (non-hydrogen) atoms. The SMILES string of the molecule is CCCC(=O)C1(CO[Si](C)(C)C(C)(C)C)CCC1. The van der Waals surface area contributed by atoms with Crippen LogP contribution in [0, 0.1) is 5.41 Å². The Morgan fingerprint density at radius 1 is 1.28 bits per heavy atom. The number of Topliss-reactive ketones (excluding diaryl/α,β-unsaturated/α-hetero) is 1. The summed E-state index contributed by atoms with van der Waals surface area (Å²) in [6.45, 7) is 14.0. The molecule has 1 aliphatic carbocycles. The van der Waals surface area contributed by atoms with Crippen molar-refractivity contribution in [2.75, 3.05) is 6.61 Å². The van der Waals surface area contributed by atoms with Crippen molar-refractivity contribution >= 4 is 14.1 Å². The lowest BCUT2D eigenvalue weighted by atomic mass is 9.66. The molecule has 0 radical (unpaired) electrons. The average molecular weight is 270 g/mol. The summed E-state index contributed by atoms with van der Waals surface area (Å²) in [6.07, 6.45) is 4.96. The molecule has 0 heterocycles. The van der Waals surface area contributed by atoms with Gasteiger partial charge in [-0.3, -0.25) is 4.79 Å². The standard InChI is InChI=1S/C15H30O2Si/c1-7-9-13(16)15(10-8-11-15)12-17-18(5,6)14(2,3)4/h7-12H2,1-6H3. The third-order valence-electron chi connectivity index (χ3n) is 4.89. The number of hydrogen-bond acceptors (Lipinski definition) is 2. The van der Waals surface area contributed by atoms with E-state index in [0.29, 0.717) is 12.4 Å². The number of hydrogen-bond donors (Lipinski definition) is 0. The highest BCUT2D eigenvalue weighted by molar-refractivity contribution is 6.74. The predicted molar refractivity (Wildman–Crippen MR) is 79.3 cm³/mol. The summed E-state index contributed by atoms with van der Waals surface area (Å²) in [7, 11) is -1.72. The quantitative estimate of drug-likeness (QED) is 0.662.